The summed E-state index contributed by atoms with van der Waals surface area (Å²) in [6, 6.07) is 8.43. The molecular weight excluding hydrogens is 481 g/mol. The topological polar surface area (TPSA) is 78.8 Å². The van der Waals surface area contributed by atoms with E-state index in [1.54, 1.807) is 32.0 Å². The zero-order chi connectivity index (χ0) is 24.2. The van der Waals surface area contributed by atoms with Crippen LogP contribution in [0.4, 0.5) is 0 Å². The van der Waals surface area contributed by atoms with Gasteiger partial charge in [0, 0.05) is 16.6 Å². The molecule has 33 heavy (non-hydrogen) atoms. The number of hydrazone groups is 1. The number of nitrogens with zero attached hydrogens (tertiary/aromatic N) is 2. The third-order valence-electron chi connectivity index (χ3n) is 5.81. The molecule has 2 aromatic carbocycles. The summed E-state index contributed by atoms with van der Waals surface area (Å²) < 4.78 is 28.9. The summed E-state index contributed by atoms with van der Waals surface area (Å²) in [4.78, 5) is 13.0. The van der Waals surface area contributed by atoms with Gasteiger partial charge in [0.1, 0.15) is 0 Å². The lowest BCUT2D eigenvalue weighted by Gasteiger charge is -2.33. The van der Waals surface area contributed by atoms with E-state index in [9.17, 15) is 13.2 Å². The molecule has 0 spiro atoms. The first-order valence-corrected chi connectivity index (χ1v) is 13.2. The fourth-order valence-corrected chi connectivity index (χ4v) is 6.94. The van der Waals surface area contributed by atoms with Gasteiger partial charge in [0.15, 0.2) is 0 Å². The molecule has 1 aliphatic carbocycles. The van der Waals surface area contributed by atoms with Crippen molar-refractivity contribution in [1.82, 2.24) is 9.73 Å². The number of halogens is 2. The Kier molecular flexibility index (Phi) is 8.56. The molecule has 1 aliphatic rings. The fraction of sp³-hybridized carbons (Fsp3) is 0.417. The van der Waals surface area contributed by atoms with Crippen molar-refractivity contribution in [2.75, 3.05) is 6.54 Å². The Morgan fingerprint density at radius 3 is 2.33 bits per heavy atom. The van der Waals surface area contributed by atoms with Gasteiger partial charge in [-0.25, -0.2) is 13.8 Å². The van der Waals surface area contributed by atoms with Gasteiger partial charge in [0.25, 0.3) is 5.91 Å². The average molecular weight is 510 g/mol. The molecule has 0 bridgehead atoms. The Morgan fingerprint density at radius 1 is 1.09 bits per heavy atom. The first-order chi connectivity index (χ1) is 15.6. The minimum atomic E-state index is -3.88. The summed E-state index contributed by atoms with van der Waals surface area (Å²) in [7, 11) is -3.88. The van der Waals surface area contributed by atoms with Crippen LogP contribution in [0.25, 0.3) is 0 Å². The third kappa shape index (κ3) is 6.35. The van der Waals surface area contributed by atoms with Crippen molar-refractivity contribution in [3.8, 4) is 0 Å². The van der Waals surface area contributed by atoms with Gasteiger partial charge in [-0.2, -0.15) is 9.41 Å². The highest BCUT2D eigenvalue weighted by Crippen LogP contribution is 2.31. The Bertz CT molecular complexity index is 1140. The van der Waals surface area contributed by atoms with E-state index in [1.165, 1.54) is 10.5 Å². The molecule has 0 saturated heterocycles. The van der Waals surface area contributed by atoms with Crippen LogP contribution < -0.4 is 5.43 Å². The summed E-state index contributed by atoms with van der Waals surface area (Å²) in [5, 5.41) is 4.85. The lowest BCUT2D eigenvalue weighted by molar-refractivity contribution is -0.121. The fourth-order valence-electron chi connectivity index (χ4n) is 4.43. The van der Waals surface area contributed by atoms with Crippen molar-refractivity contribution in [3.05, 3.63) is 62.6 Å². The Labute approximate surface area is 206 Å². The highest BCUT2D eigenvalue weighted by molar-refractivity contribution is 7.89. The van der Waals surface area contributed by atoms with Crippen molar-refractivity contribution in [2.24, 2.45) is 5.10 Å². The minimum absolute atomic E-state index is 0.218. The molecule has 6 nitrogen and oxygen atoms in total. The van der Waals surface area contributed by atoms with Crippen LogP contribution in [0.3, 0.4) is 0 Å². The number of aryl methyl sites for hydroxylation is 3. The molecule has 0 heterocycles. The average Bonchev–Trinajstić information content (AvgIpc) is 2.73. The Morgan fingerprint density at radius 2 is 1.73 bits per heavy atom. The number of benzene rings is 2. The first kappa shape index (κ1) is 25.7. The third-order valence-corrected chi connectivity index (χ3v) is 8.58. The van der Waals surface area contributed by atoms with Gasteiger partial charge < -0.3 is 0 Å². The van der Waals surface area contributed by atoms with Gasteiger partial charge in [0.2, 0.25) is 10.0 Å². The smallest absolute Gasteiger partial charge is 0.255 e. The molecule has 1 saturated carbocycles. The SMILES string of the molecule is Cc1cc(C)c(S(=O)(=O)N(CC(=O)N/N=C/c2ccc(Cl)cc2Cl)C2CCCCC2)c(C)c1. The monoisotopic (exact) mass is 509 g/mol. The highest BCUT2D eigenvalue weighted by Gasteiger charge is 2.35. The first-order valence-electron chi connectivity index (χ1n) is 11.0. The van der Waals surface area contributed by atoms with Crippen LogP contribution >= 0.6 is 23.2 Å². The van der Waals surface area contributed by atoms with Gasteiger partial charge in [-0.3, -0.25) is 4.79 Å². The Hall–Kier alpha value is -1.93. The molecule has 0 aliphatic heterocycles. The molecule has 178 valence electrons. The second-order valence-corrected chi connectivity index (χ2v) is 11.2. The quantitative estimate of drug-likeness (QED) is 0.401. The van der Waals surface area contributed by atoms with Crippen molar-refractivity contribution >= 4 is 45.3 Å². The summed E-state index contributed by atoms with van der Waals surface area (Å²) in [6.45, 7) is 5.23. The van der Waals surface area contributed by atoms with Crippen LogP contribution in [0.1, 0.15) is 54.4 Å². The number of carbonyl (C=O) groups is 1. The highest BCUT2D eigenvalue weighted by atomic mass is 35.5. The maximum absolute atomic E-state index is 13.8. The normalized spacial score (nSPS) is 15.3. The predicted octanol–water partition coefficient (Wildman–Crippen LogP) is 5.39. The minimum Gasteiger partial charge on any atom is -0.272 e. The van der Waals surface area contributed by atoms with Gasteiger partial charge in [-0.05, 0) is 56.9 Å². The molecule has 1 N–H and O–H groups in total. The molecule has 0 aromatic heterocycles. The molecule has 3 rings (SSSR count). The van der Waals surface area contributed by atoms with Gasteiger partial charge >= 0.3 is 0 Å². The second kappa shape index (κ2) is 11.0. The second-order valence-electron chi connectivity index (χ2n) is 8.53. The lowest BCUT2D eigenvalue weighted by Crippen LogP contribution is -2.46. The molecule has 1 amide bonds. The number of nitrogens with one attached hydrogen (secondary N) is 1. The van der Waals surface area contributed by atoms with Gasteiger partial charge in [0.05, 0.1) is 22.7 Å². The van der Waals surface area contributed by atoms with Crippen molar-refractivity contribution in [1.29, 1.82) is 0 Å². The number of hydrogen-bond acceptors (Lipinski definition) is 4. The largest absolute Gasteiger partial charge is 0.272 e. The van der Waals surface area contributed by atoms with Crippen LogP contribution in [0.15, 0.2) is 40.3 Å². The van der Waals surface area contributed by atoms with E-state index in [-0.39, 0.29) is 17.5 Å². The zero-order valence-electron chi connectivity index (χ0n) is 19.1. The van der Waals surface area contributed by atoms with E-state index in [1.807, 2.05) is 19.1 Å². The van der Waals surface area contributed by atoms with E-state index in [0.717, 1.165) is 37.7 Å². The van der Waals surface area contributed by atoms with Crippen LogP contribution in [-0.4, -0.2) is 37.4 Å². The molecule has 9 heteroatoms. The van der Waals surface area contributed by atoms with Crippen LogP contribution in [0.2, 0.25) is 10.0 Å². The molecular formula is C24H29Cl2N3O3S. The van der Waals surface area contributed by atoms with Crippen LogP contribution in [-0.2, 0) is 14.8 Å². The van der Waals surface area contributed by atoms with Crippen molar-refractivity contribution in [2.45, 2.75) is 63.8 Å². The standard InChI is InChI=1S/C24H29Cl2N3O3S/c1-16-11-17(2)24(18(3)12-16)33(31,32)29(21-7-5-4-6-8-21)15-23(30)28-27-14-19-9-10-20(25)13-22(19)26/h9-14,21H,4-8,15H2,1-3H3,(H,28,30)/b27-14+. The lowest BCUT2D eigenvalue weighted by atomic mass is 9.95. The zero-order valence-corrected chi connectivity index (χ0v) is 21.4. The number of amides is 1. The number of rotatable bonds is 7. The molecule has 0 atom stereocenters. The predicted molar refractivity (Wildman–Crippen MR) is 134 cm³/mol. The van der Waals surface area contributed by atoms with Crippen molar-refractivity contribution < 1.29 is 13.2 Å². The summed E-state index contributed by atoms with van der Waals surface area (Å²) >= 11 is 12.0. The van der Waals surface area contributed by atoms with Crippen molar-refractivity contribution in [3.63, 3.8) is 0 Å². The van der Waals surface area contributed by atoms with E-state index in [0.29, 0.717) is 26.7 Å². The maximum atomic E-state index is 13.8. The van der Waals surface area contributed by atoms with Gasteiger partial charge in [-0.1, -0.05) is 66.2 Å². The van der Waals surface area contributed by atoms with E-state index < -0.39 is 15.9 Å². The number of sulfonamides is 1. The van der Waals surface area contributed by atoms with Crippen LogP contribution in [0, 0.1) is 20.8 Å². The molecule has 1 fully saturated rings. The summed E-state index contributed by atoms with van der Waals surface area (Å²) in [5.74, 6) is -0.507. The number of carbonyl (C=O) groups excluding carboxylic acids is 1. The molecule has 2 aromatic rings. The van der Waals surface area contributed by atoms with E-state index >= 15 is 0 Å². The summed E-state index contributed by atoms with van der Waals surface area (Å²) in [6.07, 6.45) is 5.84. The number of hydrogen-bond donors (Lipinski definition) is 1. The maximum Gasteiger partial charge on any atom is 0.255 e. The van der Waals surface area contributed by atoms with Crippen LogP contribution in [0.5, 0.6) is 0 Å². The summed E-state index contributed by atoms with van der Waals surface area (Å²) in [5.41, 5.74) is 5.39. The van der Waals surface area contributed by atoms with E-state index in [4.69, 9.17) is 23.2 Å². The van der Waals surface area contributed by atoms with E-state index in [2.05, 4.69) is 10.5 Å². The molecule has 0 unspecified atom stereocenters. The molecule has 0 radical (unpaired) electrons. The van der Waals surface area contributed by atoms with Gasteiger partial charge in [-0.15, -0.1) is 0 Å². The Balaban J connectivity index is 1.84.